The van der Waals surface area contributed by atoms with Gasteiger partial charge in [-0.2, -0.15) is 0 Å². The van der Waals surface area contributed by atoms with Crippen molar-refractivity contribution in [2.75, 3.05) is 18.9 Å². The number of rotatable bonds is 6. The molecule has 0 heterocycles. The Bertz CT molecular complexity index is 430. The van der Waals surface area contributed by atoms with E-state index in [0.717, 1.165) is 24.3 Å². The normalized spacial score (nSPS) is 16.1. The molecule has 1 aromatic carbocycles. The van der Waals surface area contributed by atoms with E-state index < -0.39 is 0 Å². The van der Waals surface area contributed by atoms with Crippen LogP contribution in [0, 0.1) is 5.92 Å². The Balaban J connectivity index is 0.00000220. The molecule has 1 aliphatic rings. The summed E-state index contributed by atoms with van der Waals surface area (Å²) in [6, 6.07) is 7.65. The maximum Gasteiger partial charge on any atom is 0.228 e. The number of ether oxygens (including phenoxy) is 1. The van der Waals surface area contributed by atoms with Crippen LogP contribution in [0.2, 0.25) is 0 Å². The second kappa shape index (κ2) is 8.90. The lowest BCUT2D eigenvalue weighted by Gasteiger charge is -2.14. The van der Waals surface area contributed by atoms with Gasteiger partial charge in [-0.15, -0.1) is 12.4 Å². The molecule has 1 unspecified atom stereocenters. The minimum atomic E-state index is -0.0468. The second-order valence-corrected chi connectivity index (χ2v) is 5.50. The van der Waals surface area contributed by atoms with Crippen molar-refractivity contribution in [3.63, 3.8) is 0 Å². The first-order valence-electron chi connectivity index (χ1n) is 7.41. The Kier molecular flexibility index (Phi) is 7.54. The molecule has 21 heavy (non-hydrogen) atoms. The third-order valence-electron chi connectivity index (χ3n) is 3.68. The average Bonchev–Trinajstić information content (AvgIpc) is 2.94. The van der Waals surface area contributed by atoms with Gasteiger partial charge >= 0.3 is 0 Å². The molecule has 1 saturated carbocycles. The molecule has 0 radical (unpaired) electrons. The van der Waals surface area contributed by atoms with Gasteiger partial charge in [-0.1, -0.05) is 6.92 Å². The van der Waals surface area contributed by atoms with E-state index in [-0.39, 0.29) is 24.2 Å². The molecule has 4 nitrogen and oxygen atoms in total. The molecule has 0 saturated heterocycles. The molecule has 2 N–H and O–H groups in total. The topological polar surface area (TPSA) is 50.4 Å². The number of carbonyl (C=O) groups is 1. The summed E-state index contributed by atoms with van der Waals surface area (Å²) in [7, 11) is 1.85. The molecule has 0 spiro atoms. The minimum Gasteiger partial charge on any atom is -0.490 e. The number of nitrogens with one attached hydrogen (secondary N) is 2. The van der Waals surface area contributed by atoms with Gasteiger partial charge in [0, 0.05) is 18.2 Å². The number of benzene rings is 1. The first kappa shape index (κ1) is 17.8. The molecule has 2 rings (SSSR count). The summed E-state index contributed by atoms with van der Waals surface area (Å²) in [5, 5.41) is 5.92. The lowest BCUT2D eigenvalue weighted by Crippen LogP contribution is -2.28. The zero-order chi connectivity index (χ0) is 14.4. The molecular weight excluding hydrogens is 288 g/mol. The molecule has 1 atom stereocenters. The van der Waals surface area contributed by atoms with Gasteiger partial charge in [-0.05, 0) is 57.0 Å². The number of anilines is 1. The van der Waals surface area contributed by atoms with E-state index in [9.17, 15) is 4.79 Å². The smallest absolute Gasteiger partial charge is 0.228 e. The van der Waals surface area contributed by atoms with Crippen molar-refractivity contribution in [1.82, 2.24) is 5.32 Å². The maximum atomic E-state index is 11.9. The van der Waals surface area contributed by atoms with Crippen molar-refractivity contribution < 1.29 is 9.53 Å². The molecule has 0 aliphatic heterocycles. The van der Waals surface area contributed by atoms with E-state index in [2.05, 4.69) is 10.6 Å². The zero-order valence-corrected chi connectivity index (χ0v) is 13.5. The second-order valence-electron chi connectivity index (χ2n) is 5.50. The predicted molar refractivity (Wildman–Crippen MR) is 88.3 cm³/mol. The van der Waals surface area contributed by atoms with Gasteiger partial charge in [0.05, 0.1) is 6.10 Å². The van der Waals surface area contributed by atoms with E-state index in [1.54, 1.807) is 0 Å². The van der Waals surface area contributed by atoms with Crippen LogP contribution in [0.5, 0.6) is 5.75 Å². The fourth-order valence-electron chi connectivity index (χ4n) is 2.48. The Labute approximate surface area is 133 Å². The number of hydrogen-bond donors (Lipinski definition) is 2. The summed E-state index contributed by atoms with van der Waals surface area (Å²) in [6.07, 6.45) is 5.20. The first-order chi connectivity index (χ1) is 9.69. The van der Waals surface area contributed by atoms with Crippen LogP contribution in [0.25, 0.3) is 0 Å². The van der Waals surface area contributed by atoms with E-state index in [1.807, 2.05) is 38.2 Å². The van der Waals surface area contributed by atoms with Gasteiger partial charge in [0.1, 0.15) is 5.75 Å². The fraction of sp³-hybridized carbons (Fsp3) is 0.562. The van der Waals surface area contributed by atoms with E-state index in [1.165, 1.54) is 12.8 Å². The molecule has 1 fully saturated rings. The quantitative estimate of drug-likeness (QED) is 0.848. The van der Waals surface area contributed by atoms with Gasteiger partial charge < -0.3 is 15.4 Å². The van der Waals surface area contributed by atoms with Crippen molar-refractivity contribution in [2.24, 2.45) is 5.92 Å². The Hall–Kier alpha value is -1.26. The van der Waals surface area contributed by atoms with Gasteiger partial charge in [0.2, 0.25) is 5.91 Å². The summed E-state index contributed by atoms with van der Waals surface area (Å²) < 4.78 is 5.90. The minimum absolute atomic E-state index is 0. The highest BCUT2D eigenvalue weighted by atomic mass is 35.5. The van der Waals surface area contributed by atoms with Crippen LogP contribution in [-0.2, 0) is 4.79 Å². The Morgan fingerprint density at radius 2 is 1.90 bits per heavy atom. The van der Waals surface area contributed by atoms with Crippen molar-refractivity contribution in [2.45, 2.75) is 38.7 Å². The standard InChI is InChI=1S/C16H24N2O2.ClH/c1-12(11-17-2)16(19)18-13-7-9-15(10-8-13)20-14-5-3-4-6-14;/h7-10,12,14,17H,3-6,11H2,1-2H3,(H,18,19);1H. The molecule has 0 aromatic heterocycles. The van der Waals surface area contributed by atoms with Crippen LogP contribution in [0.1, 0.15) is 32.6 Å². The third-order valence-corrected chi connectivity index (χ3v) is 3.68. The number of carbonyl (C=O) groups excluding carboxylic acids is 1. The van der Waals surface area contributed by atoms with Gasteiger partial charge in [0.25, 0.3) is 0 Å². The summed E-state index contributed by atoms with van der Waals surface area (Å²) >= 11 is 0. The van der Waals surface area contributed by atoms with Gasteiger partial charge in [0.15, 0.2) is 0 Å². The van der Waals surface area contributed by atoms with Crippen molar-refractivity contribution >= 4 is 24.0 Å². The van der Waals surface area contributed by atoms with E-state index in [0.29, 0.717) is 12.6 Å². The summed E-state index contributed by atoms with van der Waals surface area (Å²) in [5.74, 6) is 0.872. The number of halogens is 1. The van der Waals surface area contributed by atoms with Crippen LogP contribution >= 0.6 is 12.4 Å². The van der Waals surface area contributed by atoms with Crippen LogP contribution in [0.4, 0.5) is 5.69 Å². The van der Waals surface area contributed by atoms with Crippen LogP contribution < -0.4 is 15.4 Å². The molecule has 118 valence electrons. The Morgan fingerprint density at radius 3 is 2.48 bits per heavy atom. The summed E-state index contributed by atoms with van der Waals surface area (Å²) in [5.41, 5.74) is 0.816. The van der Waals surface area contributed by atoms with Gasteiger partial charge in [-0.25, -0.2) is 0 Å². The van der Waals surface area contributed by atoms with Crippen molar-refractivity contribution in [3.8, 4) is 5.75 Å². The summed E-state index contributed by atoms with van der Waals surface area (Å²) in [4.78, 5) is 11.9. The SMILES string of the molecule is CNCC(C)C(=O)Nc1ccc(OC2CCCC2)cc1.Cl. The number of hydrogen-bond acceptors (Lipinski definition) is 3. The fourth-order valence-corrected chi connectivity index (χ4v) is 2.48. The largest absolute Gasteiger partial charge is 0.490 e. The molecule has 1 amide bonds. The molecule has 1 aromatic rings. The molecule has 5 heteroatoms. The zero-order valence-electron chi connectivity index (χ0n) is 12.7. The maximum absolute atomic E-state index is 11.9. The highest BCUT2D eigenvalue weighted by Crippen LogP contribution is 2.25. The molecule has 0 bridgehead atoms. The van der Waals surface area contributed by atoms with E-state index in [4.69, 9.17) is 4.74 Å². The van der Waals surface area contributed by atoms with Crippen molar-refractivity contribution in [3.05, 3.63) is 24.3 Å². The molecule has 1 aliphatic carbocycles. The van der Waals surface area contributed by atoms with Crippen LogP contribution in [0.15, 0.2) is 24.3 Å². The van der Waals surface area contributed by atoms with Crippen LogP contribution in [0.3, 0.4) is 0 Å². The van der Waals surface area contributed by atoms with Crippen molar-refractivity contribution in [1.29, 1.82) is 0 Å². The number of amides is 1. The highest BCUT2D eigenvalue weighted by molar-refractivity contribution is 5.92. The van der Waals surface area contributed by atoms with E-state index >= 15 is 0 Å². The Morgan fingerprint density at radius 1 is 1.29 bits per heavy atom. The monoisotopic (exact) mass is 312 g/mol. The first-order valence-corrected chi connectivity index (χ1v) is 7.41. The molecular formula is C16H25ClN2O2. The van der Waals surface area contributed by atoms with Gasteiger partial charge in [-0.3, -0.25) is 4.79 Å². The lowest BCUT2D eigenvalue weighted by molar-refractivity contribution is -0.119. The van der Waals surface area contributed by atoms with Crippen LogP contribution in [-0.4, -0.2) is 25.6 Å². The lowest BCUT2D eigenvalue weighted by atomic mass is 10.1. The predicted octanol–water partition coefficient (Wildman–Crippen LogP) is 3.22. The highest BCUT2D eigenvalue weighted by Gasteiger charge is 2.16. The average molecular weight is 313 g/mol. The summed E-state index contributed by atoms with van der Waals surface area (Å²) in [6.45, 7) is 2.58. The third kappa shape index (κ3) is 5.56.